The molecule has 3 N–H and O–H groups in total. The number of hydrogen-bond donors (Lipinski definition) is 3. The number of rotatable bonds is 5. The fourth-order valence-corrected chi connectivity index (χ4v) is 3.17. The molecule has 1 aromatic rings. The Morgan fingerprint density at radius 3 is 2.70 bits per heavy atom. The van der Waals surface area contributed by atoms with E-state index in [2.05, 4.69) is 5.32 Å². The van der Waals surface area contributed by atoms with E-state index in [0.717, 1.165) is 0 Å². The van der Waals surface area contributed by atoms with Gasteiger partial charge in [-0.15, -0.1) is 0 Å². The van der Waals surface area contributed by atoms with Gasteiger partial charge in [-0.3, -0.25) is 9.59 Å². The Kier molecular flexibility index (Phi) is 5.49. The number of halogens is 3. The number of nitrogens with one attached hydrogen (secondary N) is 1. The van der Waals surface area contributed by atoms with Crippen LogP contribution in [0.5, 0.6) is 0 Å². The summed E-state index contributed by atoms with van der Waals surface area (Å²) in [5.74, 6) is -2.58. The normalized spacial score (nSPS) is 25.1. The third-order valence-electron chi connectivity index (χ3n) is 3.99. The summed E-state index contributed by atoms with van der Waals surface area (Å²) in [5.41, 5.74) is -1.61. The molecule has 8 heteroatoms. The number of hydrogen-bond acceptors (Lipinski definition) is 3. The standard InChI is InChI=1S/C15H16Cl2FNO4/c16-9-1-2-10(11(17)5-9)12(20)13(21)19-7-15(18)4-3-8(6-15)14(22)23/h1-2,5,8,12,20H,3-4,6-7H2,(H,19,21)(H,22,23)/t8-,12?,15+/m0/s1. The summed E-state index contributed by atoms with van der Waals surface area (Å²) >= 11 is 11.7. The fraction of sp³-hybridized carbons (Fsp3) is 0.467. The summed E-state index contributed by atoms with van der Waals surface area (Å²) in [6.07, 6.45) is -1.42. The zero-order chi connectivity index (χ0) is 17.2. The molecule has 3 atom stereocenters. The van der Waals surface area contributed by atoms with Crippen molar-refractivity contribution in [3.05, 3.63) is 33.8 Å². The van der Waals surface area contributed by atoms with Gasteiger partial charge in [0.05, 0.1) is 12.5 Å². The lowest BCUT2D eigenvalue weighted by molar-refractivity contribution is -0.141. The van der Waals surface area contributed by atoms with Crippen molar-refractivity contribution in [2.24, 2.45) is 5.92 Å². The lowest BCUT2D eigenvalue weighted by Crippen LogP contribution is -2.40. The van der Waals surface area contributed by atoms with Crippen LogP contribution in [0.25, 0.3) is 0 Å². The molecule has 1 unspecified atom stereocenters. The Labute approximate surface area is 142 Å². The van der Waals surface area contributed by atoms with E-state index >= 15 is 0 Å². The quantitative estimate of drug-likeness (QED) is 0.750. The van der Waals surface area contributed by atoms with Crippen LogP contribution in [-0.4, -0.2) is 34.3 Å². The fourth-order valence-electron chi connectivity index (χ4n) is 2.66. The van der Waals surface area contributed by atoms with Gasteiger partial charge in [0.1, 0.15) is 5.67 Å². The van der Waals surface area contributed by atoms with Gasteiger partial charge in [-0.05, 0) is 31.4 Å². The topological polar surface area (TPSA) is 86.6 Å². The summed E-state index contributed by atoms with van der Waals surface area (Å²) in [4.78, 5) is 22.8. The van der Waals surface area contributed by atoms with E-state index in [4.69, 9.17) is 28.3 Å². The van der Waals surface area contributed by atoms with Crippen LogP contribution >= 0.6 is 23.2 Å². The molecule has 5 nitrogen and oxygen atoms in total. The SMILES string of the molecule is O=C(NC[C@@]1(F)CC[C@H](C(=O)O)C1)C(O)c1ccc(Cl)cc1Cl. The van der Waals surface area contributed by atoms with Crippen molar-refractivity contribution in [3.63, 3.8) is 0 Å². The van der Waals surface area contributed by atoms with Crippen molar-refractivity contribution in [2.75, 3.05) is 6.54 Å². The van der Waals surface area contributed by atoms with Gasteiger partial charge in [0.25, 0.3) is 5.91 Å². The predicted octanol–water partition coefficient (Wildman–Crippen LogP) is 2.74. The number of aliphatic hydroxyl groups excluding tert-OH is 1. The maximum atomic E-state index is 14.5. The minimum atomic E-state index is -1.78. The molecule has 1 amide bonds. The number of carbonyl (C=O) groups excluding carboxylic acids is 1. The molecule has 0 bridgehead atoms. The van der Waals surface area contributed by atoms with Gasteiger partial charge in [0, 0.05) is 15.6 Å². The second kappa shape index (κ2) is 7.03. The Morgan fingerprint density at radius 1 is 1.43 bits per heavy atom. The minimum Gasteiger partial charge on any atom is -0.481 e. The highest BCUT2D eigenvalue weighted by molar-refractivity contribution is 6.35. The molecule has 1 fully saturated rings. The summed E-state index contributed by atoms with van der Waals surface area (Å²) in [6.45, 7) is -0.349. The van der Waals surface area contributed by atoms with Crippen LogP contribution in [-0.2, 0) is 9.59 Å². The maximum Gasteiger partial charge on any atom is 0.306 e. The first-order valence-electron chi connectivity index (χ1n) is 7.04. The van der Waals surface area contributed by atoms with Crippen LogP contribution in [0.4, 0.5) is 4.39 Å². The first-order valence-corrected chi connectivity index (χ1v) is 7.80. The Hall–Kier alpha value is -1.37. The largest absolute Gasteiger partial charge is 0.481 e. The summed E-state index contributed by atoms with van der Waals surface area (Å²) in [7, 11) is 0. The number of carboxylic acid groups (broad SMARTS) is 1. The zero-order valence-corrected chi connectivity index (χ0v) is 13.6. The molecule has 0 radical (unpaired) electrons. The van der Waals surface area contributed by atoms with Crippen LogP contribution in [0.1, 0.15) is 30.9 Å². The zero-order valence-electron chi connectivity index (χ0n) is 12.1. The van der Waals surface area contributed by atoms with E-state index in [-0.39, 0.29) is 36.4 Å². The lowest BCUT2D eigenvalue weighted by atomic mass is 10.0. The number of carboxylic acids is 1. The molecule has 0 saturated heterocycles. The van der Waals surface area contributed by atoms with E-state index in [0.29, 0.717) is 5.02 Å². The molecule has 1 aliphatic rings. The Bertz CT molecular complexity index is 627. The molecule has 1 saturated carbocycles. The molecule has 2 rings (SSSR count). The molecule has 1 aliphatic carbocycles. The van der Waals surface area contributed by atoms with E-state index in [1.165, 1.54) is 18.2 Å². The van der Waals surface area contributed by atoms with Crippen molar-refractivity contribution in [1.29, 1.82) is 0 Å². The summed E-state index contributed by atoms with van der Waals surface area (Å²) < 4.78 is 14.5. The molecule has 1 aromatic carbocycles. The maximum absolute atomic E-state index is 14.5. The first kappa shape index (κ1) is 18.0. The van der Waals surface area contributed by atoms with Gasteiger partial charge in [0.15, 0.2) is 6.10 Å². The van der Waals surface area contributed by atoms with Crippen molar-refractivity contribution < 1.29 is 24.2 Å². The van der Waals surface area contributed by atoms with E-state index in [9.17, 15) is 19.1 Å². The molecule has 23 heavy (non-hydrogen) atoms. The average molecular weight is 364 g/mol. The molecular formula is C15H16Cl2FNO4. The van der Waals surface area contributed by atoms with Crippen molar-refractivity contribution in [3.8, 4) is 0 Å². The highest BCUT2D eigenvalue weighted by Gasteiger charge is 2.42. The average Bonchev–Trinajstić information content (AvgIpc) is 2.87. The highest BCUT2D eigenvalue weighted by Crippen LogP contribution is 2.37. The highest BCUT2D eigenvalue weighted by atomic mass is 35.5. The van der Waals surface area contributed by atoms with Gasteiger partial charge >= 0.3 is 5.97 Å². The Morgan fingerprint density at radius 2 is 2.13 bits per heavy atom. The number of amides is 1. The van der Waals surface area contributed by atoms with Crippen LogP contribution < -0.4 is 5.32 Å². The Balaban J connectivity index is 1.95. The number of alkyl halides is 1. The molecule has 0 aromatic heterocycles. The molecule has 0 aliphatic heterocycles. The summed E-state index contributed by atoms with van der Waals surface area (Å²) in [5, 5.41) is 21.7. The number of benzene rings is 1. The second-order valence-corrected chi connectivity index (χ2v) is 6.56. The minimum absolute atomic E-state index is 0.0576. The van der Waals surface area contributed by atoms with Gasteiger partial charge in [0.2, 0.25) is 0 Å². The van der Waals surface area contributed by atoms with Crippen LogP contribution in [0.2, 0.25) is 10.0 Å². The van der Waals surface area contributed by atoms with Gasteiger partial charge in [-0.25, -0.2) is 4.39 Å². The molecular weight excluding hydrogens is 348 g/mol. The third-order valence-corrected chi connectivity index (χ3v) is 4.55. The van der Waals surface area contributed by atoms with E-state index in [1.54, 1.807) is 0 Å². The number of aliphatic carboxylic acids is 1. The van der Waals surface area contributed by atoms with E-state index in [1.807, 2.05) is 0 Å². The third kappa shape index (κ3) is 4.34. The first-order chi connectivity index (χ1) is 10.7. The smallest absolute Gasteiger partial charge is 0.306 e. The molecule has 0 heterocycles. The monoisotopic (exact) mass is 363 g/mol. The van der Waals surface area contributed by atoms with Crippen molar-refractivity contribution in [2.45, 2.75) is 31.0 Å². The number of aliphatic hydroxyl groups is 1. The van der Waals surface area contributed by atoms with Gasteiger partial charge in [-0.2, -0.15) is 0 Å². The lowest BCUT2D eigenvalue weighted by Gasteiger charge is -2.21. The summed E-state index contributed by atoms with van der Waals surface area (Å²) in [6, 6.07) is 4.28. The number of carbonyl (C=O) groups is 2. The molecule has 126 valence electrons. The predicted molar refractivity (Wildman–Crippen MR) is 83.2 cm³/mol. The van der Waals surface area contributed by atoms with Crippen molar-refractivity contribution in [1.82, 2.24) is 5.32 Å². The van der Waals surface area contributed by atoms with Crippen molar-refractivity contribution >= 4 is 35.1 Å². The van der Waals surface area contributed by atoms with Crippen LogP contribution in [0.3, 0.4) is 0 Å². The van der Waals surface area contributed by atoms with Crippen LogP contribution in [0.15, 0.2) is 18.2 Å². The second-order valence-electron chi connectivity index (χ2n) is 5.72. The van der Waals surface area contributed by atoms with E-state index < -0.39 is 29.6 Å². The van der Waals surface area contributed by atoms with Crippen LogP contribution in [0, 0.1) is 5.92 Å². The van der Waals surface area contributed by atoms with Gasteiger partial charge < -0.3 is 15.5 Å². The van der Waals surface area contributed by atoms with Gasteiger partial charge in [-0.1, -0.05) is 29.3 Å². The molecule has 0 spiro atoms.